The minimum absolute atomic E-state index is 0.322. The summed E-state index contributed by atoms with van der Waals surface area (Å²) < 4.78 is 11.2. The molecule has 3 rings (SSSR count). The van der Waals surface area contributed by atoms with E-state index in [0.29, 0.717) is 30.6 Å². The topological polar surface area (TPSA) is 30.5 Å². The van der Waals surface area contributed by atoms with Crippen molar-refractivity contribution in [1.82, 2.24) is 5.32 Å². The van der Waals surface area contributed by atoms with Crippen molar-refractivity contribution in [1.29, 1.82) is 0 Å². The van der Waals surface area contributed by atoms with Gasteiger partial charge in [0.25, 0.3) is 0 Å². The smallest absolute Gasteiger partial charge is 0.161 e. The Balaban J connectivity index is 1.77. The molecule has 0 aromatic heterocycles. The van der Waals surface area contributed by atoms with E-state index in [9.17, 15) is 0 Å². The molecule has 2 aliphatic rings. The van der Waals surface area contributed by atoms with Crippen molar-refractivity contribution in [3.63, 3.8) is 0 Å². The lowest BCUT2D eigenvalue weighted by Gasteiger charge is -2.27. The van der Waals surface area contributed by atoms with E-state index >= 15 is 0 Å². The van der Waals surface area contributed by atoms with Crippen LogP contribution in [0.1, 0.15) is 38.7 Å². The van der Waals surface area contributed by atoms with E-state index in [1.54, 1.807) is 0 Å². The monoisotopic (exact) mass is 261 g/mol. The third-order valence-electron chi connectivity index (χ3n) is 4.21. The van der Waals surface area contributed by atoms with Gasteiger partial charge in [-0.15, -0.1) is 0 Å². The Morgan fingerprint density at radius 3 is 2.53 bits per heavy atom. The Morgan fingerprint density at radius 1 is 1.11 bits per heavy atom. The van der Waals surface area contributed by atoms with Crippen LogP contribution in [0.3, 0.4) is 0 Å². The molecule has 1 aromatic carbocycles. The van der Waals surface area contributed by atoms with Crippen molar-refractivity contribution in [2.75, 3.05) is 19.8 Å². The van der Waals surface area contributed by atoms with E-state index in [1.807, 2.05) is 6.07 Å². The number of nitrogens with one attached hydrogen (secondary N) is 1. The predicted octanol–water partition coefficient (Wildman–Crippen LogP) is 2.95. The summed E-state index contributed by atoms with van der Waals surface area (Å²) in [4.78, 5) is 0. The second-order valence-electron chi connectivity index (χ2n) is 6.66. The highest BCUT2D eigenvalue weighted by atomic mass is 16.6. The summed E-state index contributed by atoms with van der Waals surface area (Å²) in [6.07, 6.45) is 1.20. The molecule has 3 nitrogen and oxygen atoms in total. The molecule has 1 saturated heterocycles. The molecule has 104 valence electrons. The maximum atomic E-state index is 5.67. The second kappa shape index (κ2) is 4.71. The van der Waals surface area contributed by atoms with Gasteiger partial charge in [-0.05, 0) is 35.4 Å². The lowest BCUT2D eigenvalue weighted by molar-refractivity contribution is 0.171. The van der Waals surface area contributed by atoms with Gasteiger partial charge in [-0.1, -0.05) is 26.8 Å². The maximum Gasteiger partial charge on any atom is 0.161 e. The first-order valence-corrected chi connectivity index (χ1v) is 7.17. The van der Waals surface area contributed by atoms with E-state index in [0.717, 1.165) is 18.0 Å². The van der Waals surface area contributed by atoms with Crippen molar-refractivity contribution >= 4 is 0 Å². The van der Waals surface area contributed by atoms with Crippen molar-refractivity contribution in [3.8, 4) is 11.5 Å². The van der Waals surface area contributed by atoms with Crippen LogP contribution in [0.2, 0.25) is 0 Å². The molecular weight excluding hydrogens is 238 g/mol. The number of rotatable bonds is 1. The fraction of sp³-hybridized carbons (Fsp3) is 0.625. The summed E-state index contributed by atoms with van der Waals surface area (Å²) in [5.41, 5.74) is 1.69. The SMILES string of the molecule is CC(C)(C)C1CC(c2ccc3c(c2)OCCO3)CN1. The van der Waals surface area contributed by atoms with Gasteiger partial charge < -0.3 is 14.8 Å². The van der Waals surface area contributed by atoms with Crippen molar-refractivity contribution in [2.24, 2.45) is 5.41 Å². The molecule has 0 saturated carbocycles. The summed E-state index contributed by atoms with van der Waals surface area (Å²) in [7, 11) is 0. The molecule has 1 aromatic rings. The Bertz CT molecular complexity index is 464. The van der Waals surface area contributed by atoms with Crippen LogP contribution in [-0.2, 0) is 0 Å². The first-order valence-electron chi connectivity index (χ1n) is 7.17. The zero-order valence-corrected chi connectivity index (χ0v) is 12.0. The molecule has 2 unspecified atom stereocenters. The van der Waals surface area contributed by atoms with Gasteiger partial charge in [0.15, 0.2) is 11.5 Å². The van der Waals surface area contributed by atoms with Crippen molar-refractivity contribution < 1.29 is 9.47 Å². The van der Waals surface area contributed by atoms with Gasteiger partial charge in [0, 0.05) is 12.6 Å². The molecule has 0 aliphatic carbocycles. The third-order valence-corrected chi connectivity index (χ3v) is 4.21. The highest BCUT2D eigenvalue weighted by Crippen LogP contribution is 2.38. The van der Waals surface area contributed by atoms with Gasteiger partial charge in [0.05, 0.1) is 0 Å². The first kappa shape index (κ1) is 12.8. The van der Waals surface area contributed by atoms with Gasteiger partial charge in [-0.3, -0.25) is 0 Å². The summed E-state index contributed by atoms with van der Waals surface area (Å²) in [5, 5.41) is 3.65. The summed E-state index contributed by atoms with van der Waals surface area (Å²) in [6, 6.07) is 6.98. The lowest BCUT2D eigenvalue weighted by Crippen LogP contribution is -2.34. The number of hydrogen-bond acceptors (Lipinski definition) is 3. The van der Waals surface area contributed by atoms with E-state index in [1.165, 1.54) is 12.0 Å². The summed E-state index contributed by atoms with van der Waals surface area (Å²) >= 11 is 0. The predicted molar refractivity (Wildman–Crippen MR) is 76.0 cm³/mol. The molecule has 0 radical (unpaired) electrons. The molecule has 19 heavy (non-hydrogen) atoms. The molecule has 0 amide bonds. The molecule has 2 heterocycles. The van der Waals surface area contributed by atoms with Crippen LogP contribution in [0.5, 0.6) is 11.5 Å². The van der Waals surface area contributed by atoms with E-state index < -0.39 is 0 Å². The fourth-order valence-corrected chi connectivity index (χ4v) is 2.96. The maximum absolute atomic E-state index is 5.67. The van der Waals surface area contributed by atoms with Crippen LogP contribution in [0, 0.1) is 5.41 Å². The minimum Gasteiger partial charge on any atom is -0.486 e. The number of fused-ring (bicyclic) bond motifs is 1. The molecule has 3 heteroatoms. The number of hydrogen-bond donors (Lipinski definition) is 1. The average molecular weight is 261 g/mol. The second-order valence-corrected chi connectivity index (χ2v) is 6.66. The molecule has 1 fully saturated rings. The molecule has 2 aliphatic heterocycles. The molecule has 0 bridgehead atoms. The summed E-state index contributed by atoms with van der Waals surface area (Å²) in [5.74, 6) is 2.37. The van der Waals surface area contributed by atoms with Crippen LogP contribution in [0.4, 0.5) is 0 Å². The zero-order chi connectivity index (χ0) is 13.5. The average Bonchev–Trinajstić information content (AvgIpc) is 2.87. The molecule has 1 N–H and O–H groups in total. The van der Waals surface area contributed by atoms with Gasteiger partial charge in [0.2, 0.25) is 0 Å². The fourth-order valence-electron chi connectivity index (χ4n) is 2.96. The standard InChI is InChI=1S/C16H23NO2/c1-16(2,3)15-9-12(10-17-15)11-4-5-13-14(8-11)19-7-6-18-13/h4-5,8,12,15,17H,6-7,9-10H2,1-3H3. The lowest BCUT2D eigenvalue weighted by atomic mass is 9.83. The minimum atomic E-state index is 0.322. The van der Waals surface area contributed by atoms with Crippen LogP contribution in [0.15, 0.2) is 18.2 Å². The Morgan fingerprint density at radius 2 is 1.84 bits per heavy atom. The number of benzene rings is 1. The van der Waals surface area contributed by atoms with Gasteiger partial charge in [-0.2, -0.15) is 0 Å². The van der Waals surface area contributed by atoms with Gasteiger partial charge in [0.1, 0.15) is 13.2 Å². The Hall–Kier alpha value is -1.22. The highest BCUT2D eigenvalue weighted by Gasteiger charge is 2.33. The number of ether oxygens (including phenoxy) is 2. The molecule has 0 spiro atoms. The molecule has 2 atom stereocenters. The molecular formula is C16H23NO2. The zero-order valence-electron chi connectivity index (χ0n) is 12.0. The van der Waals surface area contributed by atoms with E-state index in [-0.39, 0.29) is 0 Å². The third kappa shape index (κ3) is 2.57. The van der Waals surface area contributed by atoms with Gasteiger partial charge >= 0.3 is 0 Å². The van der Waals surface area contributed by atoms with Crippen LogP contribution in [0.25, 0.3) is 0 Å². The van der Waals surface area contributed by atoms with Crippen LogP contribution < -0.4 is 14.8 Å². The summed E-state index contributed by atoms with van der Waals surface area (Å²) in [6.45, 7) is 9.28. The van der Waals surface area contributed by atoms with E-state index in [4.69, 9.17) is 9.47 Å². The quantitative estimate of drug-likeness (QED) is 0.843. The first-order chi connectivity index (χ1) is 9.04. The largest absolute Gasteiger partial charge is 0.486 e. The van der Waals surface area contributed by atoms with Crippen LogP contribution in [-0.4, -0.2) is 25.8 Å². The van der Waals surface area contributed by atoms with Gasteiger partial charge in [-0.25, -0.2) is 0 Å². The van der Waals surface area contributed by atoms with Crippen LogP contribution >= 0.6 is 0 Å². The van der Waals surface area contributed by atoms with Crippen molar-refractivity contribution in [3.05, 3.63) is 23.8 Å². The Labute approximate surface area is 115 Å². The Kier molecular flexibility index (Phi) is 3.17. The van der Waals surface area contributed by atoms with Crippen molar-refractivity contribution in [2.45, 2.75) is 39.2 Å². The van der Waals surface area contributed by atoms with E-state index in [2.05, 4.69) is 38.2 Å². The normalized spacial score (nSPS) is 26.5. The highest BCUT2D eigenvalue weighted by molar-refractivity contribution is 5.45.